The minimum Gasteiger partial charge on any atom is -0.345 e. The lowest BCUT2D eigenvalue weighted by Gasteiger charge is -2.44. The standard InChI is InChI=1S/C29H43N5O5/c1-17(2)22(23(35)27(38)31-21-16-34-14-12-19(21)13-15-34)32-25(36)18(3)30-28(39)24(29(4,5)6)33-26(37)20-10-8-7-9-11-20/h7-11,17-19,21-22,24H,12-16H2,1-6H3,(H,30,39)(H,31,38)(H,32,36)(H,33,37). The third-order valence-electron chi connectivity index (χ3n) is 7.64. The first-order valence-electron chi connectivity index (χ1n) is 13.8. The minimum absolute atomic E-state index is 0.0638. The topological polar surface area (TPSA) is 137 Å². The number of hydrogen-bond acceptors (Lipinski definition) is 6. The maximum absolute atomic E-state index is 13.2. The van der Waals surface area contributed by atoms with E-state index in [0.29, 0.717) is 11.5 Å². The Hall–Kier alpha value is -3.27. The molecule has 3 aliphatic rings. The van der Waals surface area contributed by atoms with Crippen LogP contribution in [0, 0.1) is 17.3 Å². The van der Waals surface area contributed by atoms with Crippen LogP contribution < -0.4 is 21.3 Å². The molecule has 3 fully saturated rings. The Balaban J connectivity index is 1.60. The van der Waals surface area contributed by atoms with Crippen LogP contribution in [-0.2, 0) is 19.2 Å². The fraction of sp³-hybridized carbons (Fsp3) is 0.621. The van der Waals surface area contributed by atoms with Crippen molar-refractivity contribution in [2.75, 3.05) is 19.6 Å². The molecule has 214 valence electrons. The summed E-state index contributed by atoms with van der Waals surface area (Å²) in [6.07, 6.45) is 2.00. The maximum atomic E-state index is 13.2. The van der Waals surface area contributed by atoms with Crippen LogP contribution in [0.5, 0.6) is 0 Å². The molecule has 39 heavy (non-hydrogen) atoms. The van der Waals surface area contributed by atoms with Crippen molar-refractivity contribution >= 4 is 29.4 Å². The highest BCUT2D eigenvalue weighted by molar-refractivity contribution is 6.38. The molecule has 0 saturated carbocycles. The molecule has 0 aliphatic carbocycles. The Morgan fingerprint density at radius 2 is 1.49 bits per heavy atom. The fourth-order valence-corrected chi connectivity index (χ4v) is 5.16. The van der Waals surface area contributed by atoms with Crippen molar-refractivity contribution in [1.82, 2.24) is 26.2 Å². The Bertz CT molecular complexity index is 1060. The predicted octanol–water partition coefficient (Wildman–Crippen LogP) is 1.26. The van der Waals surface area contributed by atoms with Crippen LogP contribution in [0.2, 0.25) is 0 Å². The molecule has 3 aliphatic heterocycles. The summed E-state index contributed by atoms with van der Waals surface area (Å²) in [6.45, 7) is 13.2. The summed E-state index contributed by atoms with van der Waals surface area (Å²) in [5, 5.41) is 11.0. The zero-order valence-electron chi connectivity index (χ0n) is 23.9. The Morgan fingerprint density at radius 1 is 0.872 bits per heavy atom. The Labute approximate surface area is 231 Å². The second kappa shape index (κ2) is 12.7. The number of carbonyl (C=O) groups excluding carboxylic acids is 5. The highest BCUT2D eigenvalue weighted by Crippen LogP contribution is 2.27. The van der Waals surface area contributed by atoms with Gasteiger partial charge < -0.3 is 26.2 Å². The first-order chi connectivity index (χ1) is 18.3. The van der Waals surface area contributed by atoms with Crippen LogP contribution in [0.4, 0.5) is 0 Å². The van der Waals surface area contributed by atoms with Gasteiger partial charge in [0.1, 0.15) is 12.1 Å². The molecule has 4 rings (SSSR count). The summed E-state index contributed by atoms with van der Waals surface area (Å²) in [5.41, 5.74) is -0.228. The third-order valence-corrected chi connectivity index (χ3v) is 7.64. The third kappa shape index (κ3) is 7.88. The van der Waals surface area contributed by atoms with Crippen LogP contribution in [-0.4, -0.2) is 78.1 Å². The molecular weight excluding hydrogens is 498 g/mol. The minimum atomic E-state index is -1.03. The number of Topliss-reactive ketones (excluding diaryl/α,β-unsaturated/α-hetero) is 1. The average molecular weight is 542 g/mol. The summed E-state index contributed by atoms with van der Waals surface area (Å²) < 4.78 is 0. The van der Waals surface area contributed by atoms with Gasteiger partial charge in [0.15, 0.2) is 0 Å². The van der Waals surface area contributed by atoms with Crippen molar-refractivity contribution in [3.05, 3.63) is 35.9 Å². The monoisotopic (exact) mass is 541 g/mol. The van der Waals surface area contributed by atoms with Gasteiger partial charge in [-0.1, -0.05) is 52.8 Å². The molecule has 4 atom stereocenters. The lowest BCUT2D eigenvalue weighted by molar-refractivity contribution is -0.142. The van der Waals surface area contributed by atoms with Gasteiger partial charge in [0, 0.05) is 18.2 Å². The van der Waals surface area contributed by atoms with Crippen LogP contribution in [0.3, 0.4) is 0 Å². The summed E-state index contributed by atoms with van der Waals surface area (Å²) in [5.74, 6) is -2.88. The molecule has 4 amide bonds. The van der Waals surface area contributed by atoms with Crippen molar-refractivity contribution in [2.24, 2.45) is 17.3 Å². The summed E-state index contributed by atoms with van der Waals surface area (Å²) in [7, 11) is 0. The van der Waals surface area contributed by atoms with E-state index in [1.54, 1.807) is 44.2 Å². The molecule has 10 heteroatoms. The number of carbonyl (C=O) groups is 5. The lowest BCUT2D eigenvalue weighted by Crippen LogP contribution is -2.61. The predicted molar refractivity (Wildman–Crippen MR) is 148 cm³/mol. The molecule has 0 radical (unpaired) electrons. The van der Waals surface area contributed by atoms with E-state index in [4.69, 9.17) is 0 Å². The van der Waals surface area contributed by atoms with E-state index < -0.39 is 53.0 Å². The van der Waals surface area contributed by atoms with Crippen molar-refractivity contribution in [3.8, 4) is 0 Å². The molecule has 4 N–H and O–H groups in total. The quantitative estimate of drug-likeness (QED) is 0.329. The Morgan fingerprint density at radius 3 is 2.00 bits per heavy atom. The van der Waals surface area contributed by atoms with E-state index >= 15 is 0 Å². The van der Waals surface area contributed by atoms with Crippen molar-refractivity contribution in [2.45, 2.75) is 78.6 Å². The molecule has 0 aromatic heterocycles. The van der Waals surface area contributed by atoms with E-state index in [-0.39, 0.29) is 12.0 Å². The summed E-state index contributed by atoms with van der Waals surface area (Å²) >= 11 is 0. The van der Waals surface area contributed by atoms with Gasteiger partial charge in [-0.3, -0.25) is 24.0 Å². The number of amides is 4. The van der Waals surface area contributed by atoms with Crippen LogP contribution >= 0.6 is 0 Å². The average Bonchev–Trinajstić information content (AvgIpc) is 2.89. The molecule has 2 bridgehead atoms. The van der Waals surface area contributed by atoms with Gasteiger partial charge in [0.25, 0.3) is 11.8 Å². The van der Waals surface area contributed by atoms with Crippen molar-refractivity contribution < 1.29 is 24.0 Å². The number of nitrogens with zero attached hydrogens (tertiary/aromatic N) is 1. The molecule has 4 unspecified atom stereocenters. The van der Waals surface area contributed by atoms with Gasteiger partial charge in [-0.05, 0) is 62.2 Å². The summed E-state index contributed by atoms with van der Waals surface area (Å²) in [4.78, 5) is 67.1. The summed E-state index contributed by atoms with van der Waals surface area (Å²) in [6, 6.07) is 5.54. The van der Waals surface area contributed by atoms with Crippen LogP contribution in [0.15, 0.2) is 30.3 Å². The number of piperidine rings is 3. The zero-order chi connectivity index (χ0) is 28.9. The second-order valence-electron chi connectivity index (χ2n) is 12.2. The van der Waals surface area contributed by atoms with Gasteiger partial charge in [0.2, 0.25) is 17.6 Å². The zero-order valence-corrected chi connectivity index (χ0v) is 23.9. The second-order valence-corrected chi connectivity index (χ2v) is 12.2. The van der Waals surface area contributed by atoms with Crippen molar-refractivity contribution in [3.63, 3.8) is 0 Å². The van der Waals surface area contributed by atoms with Gasteiger partial charge in [-0.2, -0.15) is 0 Å². The van der Waals surface area contributed by atoms with E-state index in [1.165, 1.54) is 6.92 Å². The highest BCUT2D eigenvalue weighted by atomic mass is 16.2. The molecule has 3 heterocycles. The van der Waals surface area contributed by atoms with Crippen LogP contribution in [0.1, 0.15) is 64.7 Å². The van der Waals surface area contributed by atoms with Gasteiger partial charge >= 0.3 is 0 Å². The number of hydrogen-bond donors (Lipinski definition) is 4. The first kappa shape index (κ1) is 30.3. The number of nitrogens with one attached hydrogen (secondary N) is 4. The van der Waals surface area contributed by atoms with Crippen LogP contribution in [0.25, 0.3) is 0 Å². The first-order valence-corrected chi connectivity index (χ1v) is 13.8. The highest BCUT2D eigenvalue weighted by Gasteiger charge is 2.39. The molecule has 1 aromatic rings. The molecule has 0 spiro atoms. The lowest BCUT2D eigenvalue weighted by atomic mass is 9.84. The van der Waals surface area contributed by atoms with Crippen molar-refractivity contribution in [1.29, 1.82) is 0 Å². The number of ketones is 1. The SMILES string of the molecule is CC(NC(=O)C(NC(=O)c1ccccc1)C(C)(C)C)C(=O)NC(C(=O)C(=O)NC1CN2CCC1CC2)C(C)C. The number of fused-ring (bicyclic) bond motifs is 3. The largest absolute Gasteiger partial charge is 0.345 e. The maximum Gasteiger partial charge on any atom is 0.289 e. The van der Waals surface area contributed by atoms with E-state index in [2.05, 4.69) is 26.2 Å². The molecule has 3 saturated heterocycles. The fourth-order valence-electron chi connectivity index (χ4n) is 5.16. The number of benzene rings is 1. The van der Waals surface area contributed by atoms with Gasteiger partial charge in [-0.25, -0.2) is 0 Å². The van der Waals surface area contributed by atoms with E-state index in [0.717, 1.165) is 32.5 Å². The van der Waals surface area contributed by atoms with Gasteiger partial charge in [0.05, 0.1) is 6.04 Å². The molecule has 1 aromatic carbocycles. The molecular formula is C29H43N5O5. The van der Waals surface area contributed by atoms with Gasteiger partial charge in [-0.15, -0.1) is 0 Å². The van der Waals surface area contributed by atoms with E-state index in [1.807, 2.05) is 20.8 Å². The number of rotatable bonds is 10. The smallest absolute Gasteiger partial charge is 0.289 e. The normalized spacial score (nSPS) is 22.8. The van der Waals surface area contributed by atoms with E-state index in [9.17, 15) is 24.0 Å². The molecule has 10 nitrogen and oxygen atoms in total. The Kier molecular flexibility index (Phi) is 9.88.